The van der Waals surface area contributed by atoms with Gasteiger partial charge in [0.1, 0.15) is 19.3 Å². The number of carbonyl (C=O) groups excluding carboxylic acids is 4. The van der Waals surface area contributed by atoms with E-state index in [0.29, 0.717) is 31.6 Å². The van der Waals surface area contributed by atoms with Gasteiger partial charge in [-0.3, -0.25) is 37.3 Å². The van der Waals surface area contributed by atoms with Crippen LogP contribution in [0.4, 0.5) is 0 Å². The summed E-state index contributed by atoms with van der Waals surface area (Å²) in [6.07, 6.45) is 66.9. The first kappa shape index (κ1) is 105. The quantitative estimate of drug-likeness (QED) is 0.0222. The van der Waals surface area contributed by atoms with Crippen molar-refractivity contribution in [2.45, 2.75) is 478 Å². The van der Waals surface area contributed by atoms with Crippen molar-refractivity contribution in [1.82, 2.24) is 0 Å². The molecule has 0 aromatic heterocycles. The largest absolute Gasteiger partial charge is 0.472 e. The maximum Gasteiger partial charge on any atom is 0.472 e. The molecule has 0 fully saturated rings. The van der Waals surface area contributed by atoms with E-state index in [-0.39, 0.29) is 25.7 Å². The summed E-state index contributed by atoms with van der Waals surface area (Å²) in [5.74, 6) is 1.02. The zero-order valence-corrected chi connectivity index (χ0v) is 72.6. The Kier molecular flexibility index (Phi) is 75.3. The average molecular weight is 1560 g/mol. The molecule has 3 unspecified atom stereocenters. The van der Waals surface area contributed by atoms with Crippen molar-refractivity contribution in [2.24, 2.45) is 23.7 Å². The summed E-state index contributed by atoms with van der Waals surface area (Å²) < 4.78 is 68.9. The van der Waals surface area contributed by atoms with Crippen LogP contribution in [0.1, 0.15) is 460 Å². The van der Waals surface area contributed by atoms with E-state index in [1.165, 1.54) is 257 Å². The summed E-state index contributed by atoms with van der Waals surface area (Å²) in [5, 5.41) is 10.7. The lowest BCUT2D eigenvalue weighted by Gasteiger charge is -2.21. The zero-order valence-electron chi connectivity index (χ0n) is 70.8. The van der Waals surface area contributed by atoms with Crippen LogP contribution in [0.25, 0.3) is 0 Å². The fourth-order valence-electron chi connectivity index (χ4n) is 13.7. The average Bonchev–Trinajstić information content (AvgIpc) is 0.907. The third-order valence-corrected chi connectivity index (χ3v) is 22.5. The minimum atomic E-state index is -4.97. The lowest BCUT2D eigenvalue weighted by atomic mass is 10.0. The number of aliphatic hydroxyl groups excluding tert-OH is 1. The molecule has 0 aliphatic rings. The summed E-state index contributed by atoms with van der Waals surface area (Å²) in [6, 6.07) is 0. The van der Waals surface area contributed by atoms with Gasteiger partial charge in [0.15, 0.2) is 12.2 Å². The van der Waals surface area contributed by atoms with E-state index in [9.17, 15) is 43.2 Å². The molecule has 0 rings (SSSR count). The molecule has 19 heteroatoms. The fraction of sp³-hybridized carbons (Fsp3) is 0.955. The van der Waals surface area contributed by atoms with E-state index in [1.54, 1.807) is 0 Å². The number of aliphatic hydroxyl groups is 1. The lowest BCUT2D eigenvalue weighted by molar-refractivity contribution is -0.161. The SMILES string of the molecule is CC(C)CCCCCCCCCCCCCCCCCCCCC(=O)OC[C@H](COP(=O)(O)OCC(O)COP(=O)(O)OC[C@@H](COC(=O)CCCCCCCCCC(C)C)OC(=O)CCCCCCCCCCCCCCC(C)C)OC(=O)CCCCCCCCCCCCCCCCCCCCC(C)C. The van der Waals surface area contributed by atoms with Gasteiger partial charge in [0.2, 0.25) is 0 Å². The Labute approximate surface area is 658 Å². The second-order valence-corrected chi connectivity index (χ2v) is 36.4. The Morgan fingerprint density at radius 3 is 0.579 bits per heavy atom. The van der Waals surface area contributed by atoms with E-state index in [0.717, 1.165) is 114 Å². The summed E-state index contributed by atoms with van der Waals surface area (Å²) in [7, 11) is -9.93. The number of phosphoric acid groups is 2. The van der Waals surface area contributed by atoms with Crippen LogP contribution in [0.15, 0.2) is 0 Å². The van der Waals surface area contributed by atoms with Gasteiger partial charge in [0.25, 0.3) is 0 Å². The Balaban J connectivity index is 5.22. The Bertz CT molecular complexity index is 2080. The number of hydrogen-bond acceptors (Lipinski definition) is 15. The predicted octanol–water partition coefficient (Wildman–Crippen LogP) is 26.7. The minimum absolute atomic E-state index is 0.106. The van der Waals surface area contributed by atoms with Crippen LogP contribution in [0, 0.1) is 23.7 Å². The van der Waals surface area contributed by atoms with E-state index in [4.69, 9.17) is 37.0 Å². The molecule has 0 radical (unpaired) electrons. The van der Waals surface area contributed by atoms with Gasteiger partial charge in [-0.1, -0.05) is 409 Å². The highest BCUT2D eigenvalue weighted by atomic mass is 31.2. The van der Waals surface area contributed by atoms with E-state index in [2.05, 4.69) is 55.4 Å². The number of hydrogen-bond donors (Lipinski definition) is 3. The van der Waals surface area contributed by atoms with Gasteiger partial charge in [-0.15, -0.1) is 0 Å². The highest BCUT2D eigenvalue weighted by Crippen LogP contribution is 2.45. The molecule has 0 aliphatic heterocycles. The summed E-state index contributed by atoms with van der Waals surface area (Å²) in [5.41, 5.74) is 0. The maximum atomic E-state index is 13.2. The molecule has 0 saturated heterocycles. The van der Waals surface area contributed by atoms with E-state index >= 15 is 0 Å². The summed E-state index contributed by atoms with van der Waals surface area (Å²) in [6.45, 7) is 14.3. The number of esters is 4. The van der Waals surface area contributed by atoms with Crippen LogP contribution in [-0.4, -0.2) is 96.7 Å². The molecule has 0 saturated carbocycles. The van der Waals surface area contributed by atoms with Crippen molar-refractivity contribution in [2.75, 3.05) is 39.6 Å². The molecule has 0 aromatic carbocycles. The molecule has 0 aromatic rings. The first-order chi connectivity index (χ1) is 51.6. The Morgan fingerprint density at radius 1 is 0.234 bits per heavy atom. The maximum absolute atomic E-state index is 13.2. The molecule has 636 valence electrons. The van der Waals surface area contributed by atoms with E-state index in [1.807, 2.05) is 0 Å². The number of rotatable bonds is 85. The predicted molar refractivity (Wildman–Crippen MR) is 441 cm³/mol. The van der Waals surface area contributed by atoms with Crippen LogP contribution < -0.4 is 0 Å². The Hall–Kier alpha value is -1.94. The molecule has 3 N–H and O–H groups in total. The van der Waals surface area contributed by atoms with Gasteiger partial charge in [-0.05, 0) is 49.4 Å². The molecular weight excluding hydrogens is 1390 g/mol. The summed E-state index contributed by atoms with van der Waals surface area (Å²) in [4.78, 5) is 73.3. The fourth-order valence-corrected chi connectivity index (χ4v) is 15.3. The third-order valence-electron chi connectivity index (χ3n) is 20.6. The Morgan fingerprint density at radius 2 is 0.393 bits per heavy atom. The molecule has 0 aliphatic carbocycles. The normalized spacial score (nSPS) is 13.9. The zero-order chi connectivity index (χ0) is 78.8. The first-order valence-corrected chi connectivity index (χ1v) is 48.2. The highest BCUT2D eigenvalue weighted by molar-refractivity contribution is 7.47. The van der Waals surface area contributed by atoms with Gasteiger partial charge >= 0.3 is 39.5 Å². The molecule has 0 amide bonds. The highest BCUT2D eigenvalue weighted by Gasteiger charge is 2.31. The standard InChI is InChI=1S/C88H172O17P2/c1-78(2)64-56-48-40-33-27-21-17-13-9-11-15-19-23-30-36-44-52-60-68-85(90)98-74-83(104-87(92)70-62-54-45-37-31-24-20-16-12-10-14-18-22-28-34-41-49-57-65-79(3)4)76-102-106(94,95)100-72-82(89)73-101-107(96,97)103-77-84(75-99-86(91)69-61-53-47-39-43-51-59-67-81(7)8)105-88(93)71-63-55-46-38-32-26-25-29-35-42-50-58-66-80(5)6/h78-84,89H,9-77H2,1-8H3,(H,94,95)(H,96,97)/t82?,83-,84-/m1/s1. The summed E-state index contributed by atoms with van der Waals surface area (Å²) >= 11 is 0. The number of ether oxygens (including phenoxy) is 4. The van der Waals surface area contributed by atoms with Crippen molar-refractivity contribution < 1.29 is 80.2 Å². The third kappa shape index (κ3) is 81.9. The molecular formula is C88H172O17P2. The number of unbranched alkanes of at least 4 members (excludes halogenated alkanes) is 51. The molecule has 0 bridgehead atoms. The van der Waals surface area contributed by atoms with Crippen LogP contribution in [0.3, 0.4) is 0 Å². The van der Waals surface area contributed by atoms with Crippen molar-refractivity contribution in [3.63, 3.8) is 0 Å². The van der Waals surface area contributed by atoms with Crippen molar-refractivity contribution >= 4 is 39.5 Å². The molecule has 0 heterocycles. The van der Waals surface area contributed by atoms with Crippen molar-refractivity contribution in [3.05, 3.63) is 0 Å². The topological polar surface area (TPSA) is 237 Å². The van der Waals surface area contributed by atoms with Gasteiger partial charge < -0.3 is 33.8 Å². The van der Waals surface area contributed by atoms with Crippen molar-refractivity contribution in [3.8, 4) is 0 Å². The van der Waals surface area contributed by atoms with Gasteiger partial charge in [0, 0.05) is 25.7 Å². The number of carbonyl (C=O) groups is 4. The molecule has 107 heavy (non-hydrogen) atoms. The first-order valence-electron chi connectivity index (χ1n) is 45.2. The second kappa shape index (κ2) is 76.7. The van der Waals surface area contributed by atoms with Crippen LogP contribution >= 0.6 is 15.6 Å². The lowest BCUT2D eigenvalue weighted by Crippen LogP contribution is -2.30. The molecule has 0 spiro atoms. The minimum Gasteiger partial charge on any atom is -0.462 e. The van der Waals surface area contributed by atoms with Gasteiger partial charge in [-0.2, -0.15) is 0 Å². The number of phosphoric ester groups is 2. The molecule has 17 nitrogen and oxygen atoms in total. The van der Waals surface area contributed by atoms with Gasteiger partial charge in [0.05, 0.1) is 26.4 Å². The van der Waals surface area contributed by atoms with Crippen LogP contribution in [0.2, 0.25) is 0 Å². The van der Waals surface area contributed by atoms with Crippen LogP contribution in [0.5, 0.6) is 0 Å². The van der Waals surface area contributed by atoms with E-state index < -0.39 is 97.5 Å². The smallest absolute Gasteiger partial charge is 0.462 e. The second-order valence-electron chi connectivity index (χ2n) is 33.5. The van der Waals surface area contributed by atoms with Crippen LogP contribution in [-0.2, 0) is 65.4 Å². The van der Waals surface area contributed by atoms with Crippen molar-refractivity contribution in [1.29, 1.82) is 0 Å². The monoisotopic (exact) mass is 1560 g/mol. The van der Waals surface area contributed by atoms with Gasteiger partial charge in [-0.25, -0.2) is 9.13 Å². The molecule has 5 atom stereocenters.